The quantitative estimate of drug-likeness (QED) is 0.873. The van der Waals surface area contributed by atoms with Crippen molar-refractivity contribution in [1.29, 1.82) is 0 Å². The molecule has 0 saturated carbocycles. The van der Waals surface area contributed by atoms with Crippen LogP contribution in [-0.2, 0) is 6.54 Å². The number of aromatic carboxylic acids is 1. The standard InChI is InChI=1S/C16H14ClNO2S/c17-13-4-1-11(2-5-13)10-18-7-8-21-15-6-3-12(16(19)20)9-14(15)18/h1-6,9H,7-8,10H2,(H,19,20)/p-1. The molecule has 0 aliphatic carbocycles. The van der Waals surface area contributed by atoms with Gasteiger partial charge in [-0.25, -0.2) is 0 Å². The molecule has 0 atom stereocenters. The van der Waals surface area contributed by atoms with E-state index in [-0.39, 0.29) is 5.56 Å². The Morgan fingerprint density at radius 3 is 2.71 bits per heavy atom. The Morgan fingerprint density at radius 2 is 2.00 bits per heavy atom. The zero-order valence-electron chi connectivity index (χ0n) is 11.2. The minimum Gasteiger partial charge on any atom is -0.545 e. The van der Waals surface area contributed by atoms with Crippen molar-refractivity contribution in [3.05, 3.63) is 58.6 Å². The van der Waals surface area contributed by atoms with Crippen LogP contribution in [0, 0.1) is 0 Å². The summed E-state index contributed by atoms with van der Waals surface area (Å²) in [5.74, 6) is -0.148. The molecule has 3 rings (SSSR count). The van der Waals surface area contributed by atoms with Crippen LogP contribution in [0.4, 0.5) is 5.69 Å². The lowest BCUT2D eigenvalue weighted by Gasteiger charge is -2.31. The summed E-state index contributed by atoms with van der Waals surface area (Å²) in [5.41, 5.74) is 2.33. The second kappa shape index (κ2) is 6.00. The van der Waals surface area contributed by atoms with Gasteiger partial charge in [-0.3, -0.25) is 0 Å². The van der Waals surface area contributed by atoms with Gasteiger partial charge in [-0.1, -0.05) is 29.8 Å². The third-order valence-electron chi connectivity index (χ3n) is 3.44. The fraction of sp³-hybridized carbons (Fsp3) is 0.188. The second-order valence-corrected chi connectivity index (χ2v) is 6.44. The number of thioether (sulfide) groups is 1. The van der Waals surface area contributed by atoms with Crippen molar-refractivity contribution >= 4 is 35.0 Å². The van der Waals surface area contributed by atoms with E-state index in [0.29, 0.717) is 5.02 Å². The van der Waals surface area contributed by atoms with E-state index in [1.54, 1.807) is 23.9 Å². The number of rotatable bonds is 3. The Bertz CT molecular complexity index is 672. The number of nitrogens with zero attached hydrogens (tertiary/aromatic N) is 1. The topological polar surface area (TPSA) is 43.4 Å². The number of carboxylic acid groups (broad SMARTS) is 1. The first-order chi connectivity index (χ1) is 10.1. The summed E-state index contributed by atoms with van der Waals surface area (Å²) in [6, 6.07) is 12.9. The molecule has 3 nitrogen and oxygen atoms in total. The summed E-state index contributed by atoms with van der Waals surface area (Å²) in [7, 11) is 0. The van der Waals surface area contributed by atoms with Gasteiger partial charge in [0.1, 0.15) is 0 Å². The molecule has 2 aromatic rings. The molecule has 21 heavy (non-hydrogen) atoms. The number of carbonyl (C=O) groups excluding carboxylic acids is 1. The fourth-order valence-corrected chi connectivity index (χ4v) is 3.53. The van der Waals surface area contributed by atoms with Crippen molar-refractivity contribution in [2.75, 3.05) is 17.2 Å². The number of fused-ring (bicyclic) bond motifs is 1. The molecule has 0 bridgehead atoms. The molecule has 5 heteroatoms. The highest BCUT2D eigenvalue weighted by Gasteiger charge is 2.18. The smallest absolute Gasteiger partial charge is 0.0716 e. The van der Waals surface area contributed by atoms with E-state index in [0.717, 1.165) is 35.0 Å². The summed E-state index contributed by atoms with van der Waals surface area (Å²) in [5, 5.41) is 11.8. The molecular formula is C16H13ClNO2S-. The van der Waals surface area contributed by atoms with Crippen LogP contribution in [0.1, 0.15) is 15.9 Å². The number of anilines is 1. The van der Waals surface area contributed by atoms with Crippen molar-refractivity contribution in [2.45, 2.75) is 11.4 Å². The molecule has 2 aromatic carbocycles. The first-order valence-electron chi connectivity index (χ1n) is 6.61. The second-order valence-electron chi connectivity index (χ2n) is 4.87. The number of carbonyl (C=O) groups is 1. The fourth-order valence-electron chi connectivity index (χ4n) is 2.37. The molecule has 0 spiro atoms. The summed E-state index contributed by atoms with van der Waals surface area (Å²) in [6.07, 6.45) is 0. The zero-order chi connectivity index (χ0) is 14.8. The third kappa shape index (κ3) is 3.17. The Morgan fingerprint density at radius 1 is 1.24 bits per heavy atom. The number of halogens is 1. The van der Waals surface area contributed by atoms with E-state index in [9.17, 15) is 9.90 Å². The molecule has 0 fully saturated rings. The maximum atomic E-state index is 11.0. The van der Waals surface area contributed by atoms with Crippen LogP contribution in [0.3, 0.4) is 0 Å². The number of hydrogen-bond donors (Lipinski definition) is 0. The SMILES string of the molecule is O=C([O-])c1ccc2c(c1)N(Cc1ccc(Cl)cc1)CCS2. The lowest BCUT2D eigenvalue weighted by atomic mass is 10.1. The maximum absolute atomic E-state index is 11.0. The molecule has 108 valence electrons. The van der Waals surface area contributed by atoms with Gasteiger partial charge in [0.2, 0.25) is 0 Å². The van der Waals surface area contributed by atoms with Crippen LogP contribution in [0.2, 0.25) is 5.02 Å². The normalized spacial score (nSPS) is 13.9. The van der Waals surface area contributed by atoms with E-state index in [1.165, 1.54) is 0 Å². The lowest BCUT2D eigenvalue weighted by Crippen LogP contribution is -2.29. The predicted octanol–water partition coefficient (Wildman–Crippen LogP) is 2.82. The van der Waals surface area contributed by atoms with Gasteiger partial charge in [-0.2, -0.15) is 0 Å². The molecule has 0 unspecified atom stereocenters. The molecule has 0 aromatic heterocycles. The van der Waals surface area contributed by atoms with Gasteiger partial charge >= 0.3 is 0 Å². The Labute approximate surface area is 132 Å². The molecule has 0 saturated heterocycles. The lowest BCUT2D eigenvalue weighted by molar-refractivity contribution is -0.255. The van der Waals surface area contributed by atoms with E-state index >= 15 is 0 Å². The van der Waals surface area contributed by atoms with Gasteiger partial charge in [0.05, 0.1) is 11.7 Å². The summed E-state index contributed by atoms with van der Waals surface area (Å²) in [6.45, 7) is 1.62. The van der Waals surface area contributed by atoms with Crippen molar-refractivity contribution < 1.29 is 9.90 Å². The number of hydrogen-bond acceptors (Lipinski definition) is 4. The Balaban J connectivity index is 1.90. The highest BCUT2D eigenvalue weighted by molar-refractivity contribution is 7.99. The summed E-state index contributed by atoms with van der Waals surface area (Å²) >= 11 is 7.65. The highest BCUT2D eigenvalue weighted by atomic mass is 35.5. The Kier molecular flexibility index (Phi) is 4.08. The van der Waals surface area contributed by atoms with Gasteiger partial charge in [0, 0.05) is 28.8 Å². The van der Waals surface area contributed by atoms with Crippen LogP contribution in [-0.4, -0.2) is 18.3 Å². The van der Waals surface area contributed by atoms with E-state index in [4.69, 9.17) is 11.6 Å². The monoisotopic (exact) mass is 318 g/mol. The van der Waals surface area contributed by atoms with Crippen LogP contribution < -0.4 is 10.0 Å². The zero-order valence-corrected chi connectivity index (χ0v) is 12.8. The minimum absolute atomic E-state index is 0.220. The minimum atomic E-state index is -1.14. The molecule has 0 N–H and O–H groups in total. The van der Waals surface area contributed by atoms with Crippen molar-refractivity contribution in [3.8, 4) is 0 Å². The first kappa shape index (κ1) is 14.3. The van der Waals surface area contributed by atoms with Gasteiger partial charge in [-0.15, -0.1) is 11.8 Å². The van der Waals surface area contributed by atoms with Gasteiger partial charge in [0.25, 0.3) is 0 Å². The Hall–Kier alpha value is -1.65. The molecule has 0 radical (unpaired) electrons. The maximum Gasteiger partial charge on any atom is 0.0716 e. The average Bonchev–Trinajstić information content (AvgIpc) is 2.49. The average molecular weight is 319 g/mol. The van der Waals surface area contributed by atoms with Crippen LogP contribution in [0.25, 0.3) is 0 Å². The summed E-state index contributed by atoms with van der Waals surface area (Å²) in [4.78, 5) is 14.3. The molecule has 1 heterocycles. The first-order valence-corrected chi connectivity index (χ1v) is 7.97. The number of benzene rings is 2. The van der Waals surface area contributed by atoms with E-state index in [2.05, 4.69) is 4.90 Å². The van der Waals surface area contributed by atoms with Crippen molar-refractivity contribution in [3.63, 3.8) is 0 Å². The van der Waals surface area contributed by atoms with Gasteiger partial charge < -0.3 is 14.8 Å². The van der Waals surface area contributed by atoms with Crippen LogP contribution >= 0.6 is 23.4 Å². The van der Waals surface area contributed by atoms with Gasteiger partial charge in [0.15, 0.2) is 0 Å². The van der Waals surface area contributed by atoms with Crippen LogP contribution in [0.15, 0.2) is 47.4 Å². The van der Waals surface area contributed by atoms with Crippen molar-refractivity contribution in [2.24, 2.45) is 0 Å². The van der Waals surface area contributed by atoms with Crippen LogP contribution in [0.5, 0.6) is 0 Å². The molecular weight excluding hydrogens is 306 g/mol. The number of carboxylic acids is 1. The molecule has 0 amide bonds. The summed E-state index contributed by atoms with van der Waals surface area (Å²) < 4.78 is 0. The van der Waals surface area contributed by atoms with E-state index < -0.39 is 5.97 Å². The third-order valence-corrected chi connectivity index (χ3v) is 4.74. The van der Waals surface area contributed by atoms with E-state index in [1.807, 2.05) is 30.3 Å². The largest absolute Gasteiger partial charge is 0.545 e. The van der Waals surface area contributed by atoms with Gasteiger partial charge in [-0.05, 0) is 35.4 Å². The molecule has 1 aliphatic heterocycles. The molecule has 1 aliphatic rings. The van der Waals surface area contributed by atoms with Crippen molar-refractivity contribution in [1.82, 2.24) is 0 Å². The highest BCUT2D eigenvalue weighted by Crippen LogP contribution is 2.36. The predicted molar refractivity (Wildman–Crippen MR) is 84.0 cm³/mol.